The van der Waals surface area contributed by atoms with Crippen molar-refractivity contribution in [2.75, 3.05) is 42.1 Å². The van der Waals surface area contributed by atoms with Gasteiger partial charge in [0.25, 0.3) is 23.6 Å². The number of carbonyl (C=O) groups is 4. The van der Waals surface area contributed by atoms with E-state index in [2.05, 4.69) is 45.0 Å². The number of anilines is 3. The van der Waals surface area contributed by atoms with Gasteiger partial charge in [-0.3, -0.25) is 19.2 Å². The third-order valence-corrected chi connectivity index (χ3v) is 8.08. The van der Waals surface area contributed by atoms with Crippen LogP contribution in [0.2, 0.25) is 0 Å². The van der Waals surface area contributed by atoms with Crippen LogP contribution in [0.4, 0.5) is 17.1 Å². The summed E-state index contributed by atoms with van der Waals surface area (Å²) in [6, 6.07) is 20.8. The Hall–Kier alpha value is -5.48. The second kappa shape index (κ2) is 14.1. The number of carbonyl (C=O) groups excluding carboxylic acids is 4. The first kappa shape index (κ1) is 31.9. The number of nitrogens with zero attached hydrogens (tertiary/aromatic N) is 1. The van der Waals surface area contributed by atoms with E-state index in [1.165, 1.54) is 0 Å². The second-order valence-corrected chi connectivity index (χ2v) is 11.1. The first-order chi connectivity index (χ1) is 22.2. The maximum atomic E-state index is 13.1. The smallest absolute Gasteiger partial charge is 0.256 e. The molecule has 1 aromatic heterocycles. The number of aromatic amines is 1. The lowest BCUT2D eigenvalue weighted by Crippen LogP contribution is -2.35. The molecule has 4 amide bonds. The first-order valence-corrected chi connectivity index (χ1v) is 15.3. The van der Waals surface area contributed by atoms with Crippen LogP contribution in [0, 0.1) is 13.8 Å². The molecule has 5 N–H and O–H groups in total. The molecule has 1 aliphatic rings. The van der Waals surface area contributed by atoms with Crippen LogP contribution in [0.15, 0.2) is 72.8 Å². The molecular formula is C36H38N6O4. The Labute approximate surface area is 268 Å². The molecule has 0 aliphatic carbocycles. The van der Waals surface area contributed by atoms with Crippen LogP contribution < -0.4 is 21.3 Å². The summed E-state index contributed by atoms with van der Waals surface area (Å²) in [5.74, 6) is -1.07. The molecule has 4 aromatic rings. The Balaban J connectivity index is 1.28. The number of hydrogen-bond acceptors (Lipinski definition) is 5. The van der Waals surface area contributed by atoms with Crippen LogP contribution in [0.1, 0.15) is 67.4 Å². The number of likely N-dealkylation sites (N-methyl/N-ethyl adjacent to an activating group) is 1. The molecule has 2 heterocycles. The van der Waals surface area contributed by atoms with Crippen molar-refractivity contribution >= 4 is 52.3 Å². The lowest BCUT2D eigenvalue weighted by Gasteiger charge is -2.18. The summed E-state index contributed by atoms with van der Waals surface area (Å²) in [6.45, 7) is 11.0. The number of aromatic nitrogens is 1. The lowest BCUT2D eigenvalue weighted by atomic mass is 10.0. The molecule has 1 aliphatic heterocycles. The molecule has 0 radical (unpaired) electrons. The lowest BCUT2D eigenvalue weighted by molar-refractivity contribution is -0.110. The van der Waals surface area contributed by atoms with Gasteiger partial charge in [-0.1, -0.05) is 44.2 Å². The van der Waals surface area contributed by atoms with Crippen molar-refractivity contribution in [1.82, 2.24) is 15.2 Å². The minimum Gasteiger partial charge on any atom is -0.358 e. The van der Waals surface area contributed by atoms with Crippen LogP contribution in [0.5, 0.6) is 0 Å². The number of benzene rings is 3. The number of rotatable bonds is 11. The average Bonchev–Trinajstić information content (AvgIpc) is 3.52. The van der Waals surface area contributed by atoms with Crippen molar-refractivity contribution in [3.05, 3.63) is 112 Å². The van der Waals surface area contributed by atoms with E-state index in [1.54, 1.807) is 72.8 Å². The molecule has 0 saturated carbocycles. The molecule has 0 spiro atoms. The summed E-state index contributed by atoms with van der Waals surface area (Å²) in [4.78, 5) is 57.2. The molecule has 0 unspecified atom stereocenters. The van der Waals surface area contributed by atoms with Gasteiger partial charge in [-0.2, -0.15) is 0 Å². The number of amides is 4. The van der Waals surface area contributed by atoms with Gasteiger partial charge in [-0.25, -0.2) is 0 Å². The van der Waals surface area contributed by atoms with Gasteiger partial charge < -0.3 is 31.2 Å². The monoisotopic (exact) mass is 618 g/mol. The van der Waals surface area contributed by atoms with Crippen molar-refractivity contribution in [1.29, 1.82) is 0 Å². The Morgan fingerprint density at radius 2 is 1.48 bits per heavy atom. The molecule has 10 heteroatoms. The quantitative estimate of drug-likeness (QED) is 0.138. The Morgan fingerprint density at radius 3 is 2.15 bits per heavy atom. The molecule has 46 heavy (non-hydrogen) atoms. The summed E-state index contributed by atoms with van der Waals surface area (Å²) in [5, 5.41) is 11.6. The van der Waals surface area contributed by atoms with E-state index in [0.29, 0.717) is 57.1 Å². The molecule has 5 rings (SSSR count). The number of H-pyrrole nitrogens is 1. The summed E-state index contributed by atoms with van der Waals surface area (Å²) in [6.07, 6.45) is 1.74. The third kappa shape index (κ3) is 7.08. The maximum absolute atomic E-state index is 13.1. The molecule has 0 saturated heterocycles. The highest BCUT2D eigenvalue weighted by molar-refractivity contribution is 6.35. The predicted molar refractivity (Wildman–Crippen MR) is 182 cm³/mol. The SMILES string of the molecule is CCN(CC)CCNC(=O)c1c(C)[nH]c(C=C2C(=O)Nc3cc(C(=O)Nc4cccc(NC(=O)c5ccccc5)c4)ccc32)c1C. The van der Waals surface area contributed by atoms with Gasteiger partial charge in [0.05, 0.1) is 11.1 Å². The van der Waals surface area contributed by atoms with Crippen LogP contribution in [-0.4, -0.2) is 59.7 Å². The van der Waals surface area contributed by atoms with E-state index in [4.69, 9.17) is 0 Å². The highest BCUT2D eigenvalue weighted by Crippen LogP contribution is 2.35. The van der Waals surface area contributed by atoms with Gasteiger partial charge >= 0.3 is 0 Å². The Morgan fingerprint density at radius 1 is 0.804 bits per heavy atom. The highest BCUT2D eigenvalue weighted by Gasteiger charge is 2.27. The van der Waals surface area contributed by atoms with Gasteiger partial charge in [-0.15, -0.1) is 0 Å². The normalized spacial score (nSPS) is 13.0. The van der Waals surface area contributed by atoms with Gasteiger partial charge in [0.2, 0.25) is 0 Å². The van der Waals surface area contributed by atoms with Crippen LogP contribution in [0.3, 0.4) is 0 Å². The molecule has 3 aromatic carbocycles. The van der Waals surface area contributed by atoms with E-state index in [-0.39, 0.29) is 23.6 Å². The zero-order valence-corrected chi connectivity index (χ0v) is 26.4. The summed E-state index contributed by atoms with van der Waals surface area (Å²) in [5.41, 5.74) is 6.25. The Bertz CT molecular complexity index is 1820. The van der Waals surface area contributed by atoms with E-state index in [0.717, 1.165) is 30.9 Å². The van der Waals surface area contributed by atoms with E-state index in [9.17, 15) is 19.2 Å². The van der Waals surface area contributed by atoms with Gasteiger partial charge in [0.1, 0.15) is 0 Å². The van der Waals surface area contributed by atoms with E-state index < -0.39 is 0 Å². The van der Waals surface area contributed by atoms with Crippen molar-refractivity contribution in [3.8, 4) is 0 Å². The molecular weight excluding hydrogens is 580 g/mol. The molecule has 0 fully saturated rings. The molecule has 236 valence electrons. The van der Waals surface area contributed by atoms with Gasteiger partial charge in [0, 0.05) is 58.2 Å². The number of fused-ring (bicyclic) bond motifs is 1. The van der Waals surface area contributed by atoms with Gasteiger partial charge in [0.15, 0.2) is 0 Å². The second-order valence-electron chi connectivity index (χ2n) is 11.1. The fraction of sp³-hybridized carbons (Fsp3) is 0.222. The van der Waals surface area contributed by atoms with Crippen molar-refractivity contribution in [2.24, 2.45) is 0 Å². The van der Waals surface area contributed by atoms with Crippen LogP contribution in [-0.2, 0) is 4.79 Å². The molecule has 0 atom stereocenters. The zero-order valence-electron chi connectivity index (χ0n) is 26.4. The number of hydrogen-bond donors (Lipinski definition) is 5. The van der Waals surface area contributed by atoms with E-state index >= 15 is 0 Å². The van der Waals surface area contributed by atoms with Crippen molar-refractivity contribution < 1.29 is 19.2 Å². The number of nitrogens with one attached hydrogen (secondary N) is 5. The van der Waals surface area contributed by atoms with E-state index in [1.807, 2.05) is 19.9 Å². The minimum absolute atomic E-state index is 0.154. The fourth-order valence-corrected chi connectivity index (χ4v) is 5.51. The topological polar surface area (TPSA) is 135 Å². The third-order valence-electron chi connectivity index (χ3n) is 8.08. The fourth-order valence-electron chi connectivity index (χ4n) is 5.51. The highest BCUT2D eigenvalue weighted by atomic mass is 16.2. The predicted octanol–water partition coefficient (Wildman–Crippen LogP) is 5.70. The molecule has 10 nitrogen and oxygen atoms in total. The van der Waals surface area contributed by atoms with Crippen LogP contribution in [0.25, 0.3) is 11.6 Å². The Kier molecular flexibility index (Phi) is 9.78. The maximum Gasteiger partial charge on any atom is 0.256 e. The van der Waals surface area contributed by atoms with Crippen LogP contribution >= 0.6 is 0 Å². The zero-order chi connectivity index (χ0) is 32.8. The average molecular weight is 619 g/mol. The summed E-state index contributed by atoms with van der Waals surface area (Å²) >= 11 is 0. The summed E-state index contributed by atoms with van der Waals surface area (Å²) in [7, 11) is 0. The van der Waals surface area contributed by atoms with Crippen molar-refractivity contribution in [2.45, 2.75) is 27.7 Å². The molecule has 0 bridgehead atoms. The standard InChI is InChI=1S/C36H38N6O4/c1-5-42(6-2)18-17-37-36(46)32-22(3)30(38-23(32)4)21-29-28-16-15-25(19-31(28)41-35(29)45)34(44)40-27-14-10-13-26(20-27)39-33(43)24-11-8-7-9-12-24/h7-16,19-21,38H,5-6,17-18H2,1-4H3,(H,37,46)(H,39,43)(H,40,44)(H,41,45). The number of aryl methyl sites for hydroxylation is 1. The van der Waals surface area contributed by atoms with Gasteiger partial charge in [-0.05, 0) is 81.0 Å². The largest absolute Gasteiger partial charge is 0.358 e. The first-order valence-electron chi connectivity index (χ1n) is 15.3. The minimum atomic E-state index is -0.367. The summed E-state index contributed by atoms with van der Waals surface area (Å²) < 4.78 is 0. The van der Waals surface area contributed by atoms with Crippen molar-refractivity contribution in [3.63, 3.8) is 0 Å².